The average Bonchev–Trinajstić information content (AvgIpc) is 3.26. The number of sulfone groups is 2. The van der Waals surface area contributed by atoms with E-state index in [0.29, 0.717) is 35.3 Å². The predicted molar refractivity (Wildman–Crippen MR) is 266 cm³/mol. The molecule has 4 aliphatic heterocycles. The van der Waals surface area contributed by atoms with Crippen LogP contribution < -0.4 is 14.2 Å². The van der Waals surface area contributed by atoms with Crippen molar-refractivity contribution in [1.82, 2.24) is 29.7 Å². The van der Waals surface area contributed by atoms with E-state index in [9.17, 15) is 35.2 Å². The minimum Gasteiger partial charge on any atom is -0.505 e. The molecule has 4 atom stereocenters. The van der Waals surface area contributed by atoms with Crippen molar-refractivity contribution in [2.75, 3.05) is 12.5 Å². The zero-order valence-corrected chi connectivity index (χ0v) is 45.1. The summed E-state index contributed by atoms with van der Waals surface area (Å²) >= 11 is 6.05. The number of fused-ring (bicyclic) bond motifs is 4. The van der Waals surface area contributed by atoms with Crippen LogP contribution in [0.1, 0.15) is 117 Å². The summed E-state index contributed by atoms with van der Waals surface area (Å²) in [7, 11) is -6.94. The number of aromatic hydroxyl groups is 1. The quantitative estimate of drug-likeness (QED) is 0.162. The Morgan fingerprint density at radius 3 is 1.44 bits per heavy atom. The second kappa shape index (κ2) is 22.9. The van der Waals surface area contributed by atoms with Crippen LogP contribution in [0.3, 0.4) is 0 Å². The van der Waals surface area contributed by atoms with Gasteiger partial charge in [-0.15, -0.1) is 0 Å². The number of rotatable bonds is 8. The molecule has 4 aliphatic rings. The van der Waals surface area contributed by atoms with Gasteiger partial charge in [-0.3, -0.25) is 0 Å². The summed E-state index contributed by atoms with van der Waals surface area (Å²) in [4.78, 5) is 45.5. The first-order valence-corrected chi connectivity index (χ1v) is 28.1. The van der Waals surface area contributed by atoms with E-state index in [0.717, 1.165) is 93.7 Å². The number of nitrogens with zero attached hydrogens (tertiary/aromatic N) is 6. The van der Waals surface area contributed by atoms with Crippen molar-refractivity contribution < 1.29 is 64.0 Å². The molecule has 73 heavy (non-hydrogen) atoms. The summed E-state index contributed by atoms with van der Waals surface area (Å²) in [5.41, 5.74) is 0.207. The number of phenols is 1. The van der Waals surface area contributed by atoms with E-state index in [-0.39, 0.29) is 70.0 Å². The third-order valence-electron chi connectivity index (χ3n) is 12.5. The molecule has 0 aliphatic carbocycles. The summed E-state index contributed by atoms with van der Waals surface area (Å²) < 4.78 is 101. The minimum absolute atomic E-state index is 0.0256. The molecule has 18 nitrogen and oxygen atoms in total. The second-order valence-corrected chi connectivity index (χ2v) is 25.1. The number of benzene rings is 2. The van der Waals surface area contributed by atoms with E-state index in [1.54, 1.807) is 6.92 Å². The molecule has 4 fully saturated rings. The lowest BCUT2D eigenvalue weighted by Gasteiger charge is -2.48. The molecular formula is C50H65ClF2N6O12S2. The fraction of sp³-hybridized carbons (Fsp3) is 0.560. The van der Waals surface area contributed by atoms with Crippen molar-refractivity contribution in [3.63, 3.8) is 0 Å². The highest BCUT2D eigenvalue weighted by Crippen LogP contribution is 2.40. The van der Waals surface area contributed by atoms with Crippen LogP contribution in [0, 0.1) is 25.5 Å². The first-order chi connectivity index (χ1) is 34.0. The van der Waals surface area contributed by atoms with Crippen molar-refractivity contribution in [1.29, 1.82) is 0 Å². The fourth-order valence-electron chi connectivity index (χ4n) is 9.19. The first kappa shape index (κ1) is 56.7. The Morgan fingerprint density at radius 2 is 1.03 bits per heavy atom. The number of carbonyl (C=O) groups excluding carboxylic acids is 2. The van der Waals surface area contributed by atoms with Gasteiger partial charge in [-0.2, -0.15) is 0 Å². The molecule has 2 aromatic heterocycles. The van der Waals surface area contributed by atoms with Crippen LogP contribution >= 0.6 is 11.6 Å². The molecular weight excluding hydrogens is 1010 g/mol. The molecule has 0 saturated carbocycles. The van der Waals surface area contributed by atoms with E-state index in [1.165, 1.54) is 24.8 Å². The van der Waals surface area contributed by atoms with Crippen LogP contribution in [0.5, 0.6) is 29.1 Å². The molecule has 1 N–H and O–H groups in total. The molecule has 0 spiro atoms. The SMILES string of the molecule is CS(=O)(=O)c1ccc(O)c(F)c1.Cc1c(Cl)ncnc1OC1CC2CCCC(C1)N2C(=O)OC(C)(C)C.Cc1c(Oc2ccc(S(C)(=O)=O)cc2F)ncnc1OC1CC2CCCC(C1)N2C(=O)OC(C)(C)C. The summed E-state index contributed by atoms with van der Waals surface area (Å²) in [5, 5.41) is 9.15. The Balaban J connectivity index is 0.000000202. The average molecular weight is 1080 g/mol. The third kappa shape index (κ3) is 15.2. The minimum atomic E-state index is -3.54. The first-order valence-electron chi connectivity index (χ1n) is 24.0. The zero-order valence-electron chi connectivity index (χ0n) is 42.7. The van der Waals surface area contributed by atoms with Gasteiger partial charge >= 0.3 is 12.2 Å². The topological polar surface area (TPSA) is 227 Å². The smallest absolute Gasteiger partial charge is 0.410 e. The standard InChI is InChI=1S/C25H32FN3O6S.C18H26ClN3O3.C7H7FO3S/c1-15-22(27-14-28-23(15)34-21-10-9-19(13-20(21)26)36(5,31)32)33-18-11-16-7-6-8-17(12-18)29(16)24(30)35-25(2,3)4;1-11-15(19)20-10-21-16(11)24-14-8-12-6-5-7-13(9-14)22(12)17(23)25-18(2,3)4;1-12(10,11)5-2-3-7(9)6(8)4-5/h9-10,13-14,16-18H,6-8,11-12H2,1-5H3;10,12-14H,5-9H2,1-4H3;2-4,9H,1H3. The Kier molecular flexibility index (Phi) is 17.8. The molecule has 4 saturated heterocycles. The normalized spacial score (nSPS) is 21.8. The van der Waals surface area contributed by atoms with Gasteiger partial charge in [0, 0.05) is 67.9 Å². The number of amides is 2. The van der Waals surface area contributed by atoms with Gasteiger partial charge in [0.15, 0.2) is 42.8 Å². The summed E-state index contributed by atoms with van der Waals surface area (Å²) in [6, 6.07) is 6.74. The van der Waals surface area contributed by atoms with Gasteiger partial charge in [-0.05, 0) is 130 Å². The van der Waals surface area contributed by atoms with Gasteiger partial charge in [0.25, 0.3) is 0 Å². The molecule has 0 radical (unpaired) electrons. The van der Waals surface area contributed by atoms with Gasteiger partial charge < -0.3 is 38.6 Å². The molecule has 4 aromatic rings. The largest absolute Gasteiger partial charge is 0.505 e. The van der Waals surface area contributed by atoms with Crippen LogP contribution in [-0.4, -0.2) is 124 Å². The third-order valence-corrected chi connectivity index (χ3v) is 15.1. The van der Waals surface area contributed by atoms with Gasteiger partial charge in [0.1, 0.15) is 41.2 Å². The monoisotopic (exact) mass is 1080 g/mol. The van der Waals surface area contributed by atoms with E-state index in [2.05, 4.69) is 19.9 Å². The van der Waals surface area contributed by atoms with Crippen molar-refractivity contribution in [2.45, 2.75) is 177 Å². The van der Waals surface area contributed by atoms with Crippen LogP contribution in [-0.2, 0) is 29.1 Å². The van der Waals surface area contributed by atoms with Crippen molar-refractivity contribution in [3.05, 3.63) is 77.0 Å². The van der Waals surface area contributed by atoms with Crippen LogP contribution in [0.4, 0.5) is 18.4 Å². The lowest BCUT2D eigenvalue weighted by molar-refractivity contribution is -0.0423. The van der Waals surface area contributed by atoms with E-state index < -0.39 is 48.3 Å². The molecule has 8 rings (SSSR count). The lowest BCUT2D eigenvalue weighted by Crippen LogP contribution is -2.57. The van der Waals surface area contributed by atoms with Gasteiger partial charge in [-0.25, -0.2) is 55.1 Å². The Bertz CT molecular complexity index is 2840. The zero-order chi connectivity index (χ0) is 53.8. The molecule has 4 bridgehead atoms. The molecule has 6 heterocycles. The fourth-order valence-corrected chi connectivity index (χ4v) is 10.6. The highest BCUT2D eigenvalue weighted by atomic mass is 35.5. The number of hydrogen-bond donors (Lipinski definition) is 1. The highest BCUT2D eigenvalue weighted by Gasteiger charge is 2.45. The van der Waals surface area contributed by atoms with Gasteiger partial charge in [-0.1, -0.05) is 11.6 Å². The highest BCUT2D eigenvalue weighted by molar-refractivity contribution is 7.91. The summed E-state index contributed by atoms with van der Waals surface area (Å²) in [5.74, 6) is -1.50. The second-order valence-electron chi connectivity index (χ2n) is 20.7. The van der Waals surface area contributed by atoms with Crippen molar-refractivity contribution in [2.24, 2.45) is 0 Å². The number of aromatic nitrogens is 4. The Morgan fingerprint density at radius 1 is 0.630 bits per heavy atom. The Labute approximate surface area is 431 Å². The molecule has 400 valence electrons. The van der Waals surface area contributed by atoms with Gasteiger partial charge in [0.05, 0.1) is 15.4 Å². The maximum absolute atomic E-state index is 14.5. The Hall–Kier alpha value is -5.61. The van der Waals surface area contributed by atoms with Crippen molar-refractivity contribution >= 4 is 43.5 Å². The maximum atomic E-state index is 14.5. The number of hydrogen-bond acceptors (Lipinski definition) is 16. The predicted octanol–water partition coefficient (Wildman–Crippen LogP) is 9.89. The van der Waals surface area contributed by atoms with E-state index >= 15 is 0 Å². The lowest BCUT2D eigenvalue weighted by atomic mass is 9.83. The van der Waals surface area contributed by atoms with Crippen molar-refractivity contribution in [3.8, 4) is 29.1 Å². The van der Waals surface area contributed by atoms with E-state index in [4.69, 9.17) is 40.4 Å². The number of phenolic OH excluding ortho intramolecular Hbond substituents is 1. The summed E-state index contributed by atoms with van der Waals surface area (Å²) in [6.07, 6.45) is 12.9. The molecule has 4 unspecified atom stereocenters. The number of piperidine rings is 4. The van der Waals surface area contributed by atoms with E-state index in [1.807, 2.05) is 58.3 Å². The molecule has 23 heteroatoms. The number of carbonyl (C=O) groups is 2. The maximum Gasteiger partial charge on any atom is 0.410 e. The number of halogens is 3. The molecule has 2 aromatic carbocycles. The summed E-state index contributed by atoms with van der Waals surface area (Å²) in [6.45, 7) is 14.9. The van der Waals surface area contributed by atoms with Crippen LogP contribution in [0.2, 0.25) is 5.15 Å². The molecule has 2 amide bonds. The van der Waals surface area contributed by atoms with Crippen LogP contribution in [0.15, 0.2) is 58.8 Å². The van der Waals surface area contributed by atoms with Gasteiger partial charge in [0.2, 0.25) is 17.6 Å². The van der Waals surface area contributed by atoms with Crippen LogP contribution in [0.25, 0.3) is 0 Å². The number of ether oxygens (including phenoxy) is 5.